The fraction of sp³-hybridized carbons (Fsp3) is 0.304. The molecular formula is C23H20F4N6. The minimum absolute atomic E-state index is 0.217. The van der Waals surface area contributed by atoms with Crippen molar-refractivity contribution in [1.82, 2.24) is 29.9 Å². The highest BCUT2D eigenvalue weighted by molar-refractivity contribution is 5.67. The molecule has 0 saturated carbocycles. The van der Waals surface area contributed by atoms with Crippen molar-refractivity contribution >= 4 is 0 Å². The molecule has 33 heavy (non-hydrogen) atoms. The second kappa shape index (κ2) is 8.42. The smallest absolute Gasteiger partial charge is 0.336 e. The number of nitrogens with zero attached hydrogens (tertiary/aromatic N) is 5. The zero-order valence-electron chi connectivity index (χ0n) is 17.5. The van der Waals surface area contributed by atoms with E-state index in [1.807, 2.05) is 22.0 Å². The number of imidazole rings is 1. The summed E-state index contributed by atoms with van der Waals surface area (Å²) >= 11 is 0. The number of H-pyrrole nitrogens is 1. The van der Waals surface area contributed by atoms with Crippen LogP contribution in [-0.2, 0) is 19.1 Å². The normalized spacial score (nSPS) is 16.4. The molecule has 0 bridgehead atoms. The summed E-state index contributed by atoms with van der Waals surface area (Å²) in [4.78, 5) is 8.69. The number of hydrogen-bond acceptors (Lipinski definition) is 4. The van der Waals surface area contributed by atoms with Gasteiger partial charge in [0.25, 0.3) is 0 Å². The summed E-state index contributed by atoms with van der Waals surface area (Å²) < 4.78 is 55.2. The van der Waals surface area contributed by atoms with Crippen LogP contribution in [0.5, 0.6) is 0 Å². The van der Waals surface area contributed by atoms with Gasteiger partial charge in [0.05, 0.1) is 12.0 Å². The molecule has 0 saturated heterocycles. The summed E-state index contributed by atoms with van der Waals surface area (Å²) in [5.74, 6) is 0.0139. The Morgan fingerprint density at radius 3 is 2.76 bits per heavy atom. The van der Waals surface area contributed by atoms with Crippen LogP contribution in [0.2, 0.25) is 0 Å². The van der Waals surface area contributed by atoms with Gasteiger partial charge in [-0.3, -0.25) is 4.98 Å². The van der Waals surface area contributed by atoms with Gasteiger partial charge >= 0.3 is 6.18 Å². The number of hydrogen-bond donors (Lipinski definition) is 1. The molecule has 0 radical (unpaired) electrons. The Bertz CT molecular complexity index is 1280. The second-order valence-electron chi connectivity index (χ2n) is 8.19. The van der Waals surface area contributed by atoms with Crippen LogP contribution in [0.15, 0.2) is 49.1 Å². The van der Waals surface area contributed by atoms with Crippen LogP contribution in [0, 0.1) is 5.82 Å². The Hall–Kier alpha value is -3.56. The molecule has 4 aromatic rings. The van der Waals surface area contributed by atoms with E-state index in [4.69, 9.17) is 0 Å². The molecule has 1 N–H and O–H groups in total. The summed E-state index contributed by atoms with van der Waals surface area (Å²) in [5, 5.41) is 8.96. The minimum Gasteiger partial charge on any atom is -0.336 e. The number of aromatic nitrogens is 6. The lowest BCUT2D eigenvalue weighted by molar-refractivity contribution is -0.140. The quantitative estimate of drug-likeness (QED) is 0.330. The molecule has 5 rings (SSSR count). The minimum atomic E-state index is -4.62. The van der Waals surface area contributed by atoms with Crippen LogP contribution >= 0.6 is 0 Å². The van der Waals surface area contributed by atoms with Crippen LogP contribution in [0.1, 0.15) is 42.0 Å². The summed E-state index contributed by atoms with van der Waals surface area (Å²) in [6.45, 7) is 0.673. The predicted octanol–water partition coefficient (Wildman–Crippen LogP) is 5.40. The van der Waals surface area contributed by atoms with E-state index in [1.54, 1.807) is 12.4 Å². The summed E-state index contributed by atoms with van der Waals surface area (Å²) in [6.07, 6.45) is 4.28. The van der Waals surface area contributed by atoms with Gasteiger partial charge < -0.3 is 4.57 Å². The van der Waals surface area contributed by atoms with Crippen molar-refractivity contribution in [3.63, 3.8) is 0 Å². The third-order valence-corrected chi connectivity index (χ3v) is 5.97. The molecule has 1 aliphatic rings. The SMILES string of the molecule is Fc1ccc2c(c1)CCCC[C@@H]2Cn1cnc(-c2cc(-c3n[nH]nc3C(F)(F)F)ccn2)c1. The van der Waals surface area contributed by atoms with E-state index in [1.165, 1.54) is 24.4 Å². The van der Waals surface area contributed by atoms with Crippen LogP contribution in [0.25, 0.3) is 22.6 Å². The van der Waals surface area contributed by atoms with E-state index in [0.29, 0.717) is 17.9 Å². The molecule has 6 nitrogen and oxygen atoms in total. The van der Waals surface area contributed by atoms with Crippen LogP contribution in [0.3, 0.4) is 0 Å². The summed E-state index contributed by atoms with van der Waals surface area (Å²) in [7, 11) is 0. The molecule has 3 aromatic heterocycles. The molecule has 0 fully saturated rings. The summed E-state index contributed by atoms with van der Waals surface area (Å²) in [6, 6.07) is 7.98. The first kappa shape index (κ1) is 21.3. The Morgan fingerprint density at radius 1 is 1.03 bits per heavy atom. The zero-order valence-corrected chi connectivity index (χ0v) is 17.5. The fourth-order valence-corrected chi connectivity index (χ4v) is 4.43. The number of aryl methyl sites for hydroxylation is 1. The maximum absolute atomic E-state index is 13.7. The van der Waals surface area contributed by atoms with E-state index in [9.17, 15) is 17.6 Å². The predicted molar refractivity (Wildman–Crippen MR) is 113 cm³/mol. The number of halogens is 4. The van der Waals surface area contributed by atoms with Crippen LogP contribution in [0.4, 0.5) is 17.6 Å². The highest BCUT2D eigenvalue weighted by Gasteiger charge is 2.38. The number of rotatable bonds is 4. The average Bonchev–Trinajstić information content (AvgIpc) is 3.42. The van der Waals surface area contributed by atoms with Gasteiger partial charge in [0.2, 0.25) is 0 Å². The highest BCUT2D eigenvalue weighted by atomic mass is 19.4. The standard InChI is InChI=1S/C23H20F4N6/c24-17-5-6-18-14(9-17)3-1-2-4-16(18)11-33-12-20(29-13-33)19-10-15(7-8-28-19)21-22(23(25,26)27)31-32-30-21/h5-10,12-13,16H,1-4,11H2,(H,30,31,32)/t16-/m1/s1. The van der Waals surface area contributed by atoms with Gasteiger partial charge in [-0.15, -0.1) is 0 Å². The first-order valence-electron chi connectivity index (χ1n) is 10.6. The van der Waals surface area contributed by atoms with Crippen LogP contribution < -0.4 is 0 Å². The molecule has 0 unspecified atom stereocenters. The third-order valence-electron chi connectivity index (χ3n) is 5.97. The van der Waals surface area contributed by atoms with Crippen molar-refractivity contribution < 1.29 is 17.6 Å². The number of pyridine rings is 1. The number of nitrogens with one attached hydrogen (secondary N) is 1. The van der Waals surface area contributed by atoms with Crippen molar-refractivity contribution in [1.29, 1.82) is 0 Å². The lowest BCUT2D eigenvalue weighted by atomic mass is 9.92. The Kier molecular flexibility index (Phi) is 5.43. The zero-order chi connectivity index (χ0) is 23.0. The topological polar surface area (TPSA) is 72.3 Å². The molecule has 3 heterocycles. The van der Waals surface area contributed by atoms with Gasteiger partial charge in [-0.2, -0.15) is 28.6 Å². The maximum Gasteiger partial charge on any atom is 0.437 e. The second-order valence-corrected chi connectivity index (χ2v) is 8.19. The van der Waals surface area contributed by atoms with Crippen molar-refractivity contribution in [3.8, 4) is 22.6 Å². The van der Waals surface area contributed by atoms with Crippen molar-refractivity contribution in [2.24, 2.45) is 0 Å². The van der Waals surface area contributed by atoms with Gasteiger partial charge in [-0.1, -0.05) is 12.5 Å². The first-order valence-corrected chi connectivity index (χ1v) is 10.6. The molecule has 1 atom stereocenters. The lowest BCUT2D eigenvalue weighted by Crippen LogP contribution is -2.09. The summed E-state index contributed by atoms with van der Waals surface area (Å²) in [5.41, 5.74) is 2.08. The molecule has 170 valence electrons. The van der Waals surface area contributed by atoms with Crippen LogP contribution in [-0.4, -0.2) is 29.9 Å². The molecular weight excluding hydrogens is 436 g/mol. The number of alkyl halides is 3. The fourth-order valence-electron chi connectivity index (χ4n) is 4.43. The van der Waals surface area contributed by atoms with Gasteiger partial charge in [-0.25, -0.2) is 9.37 Å². The van der Waals surface area contributed by atoms with E-state index in [2.05, 4.69) is 20.2 Å². The Labute approximate surface area is 186 Å². The molecule has 0 aliphatic heterocycles. The first-order chi connectivity index (χ1) is 15.9. The maximum atomic E-state index is 13.7. The Balaban J connectivity index is 1.40. The van der Waals surface area contributed by atoms with Crippen molar-refractivity contribution in [3.05, 3.63) is 71.7 Å². The Morgan fingerprint density at radius 2 is 1.91 bits per heavy atom. The third kappa shape index (κ3) is 4.37. The number of benzene rings is 1. The van der Waals surface area contributed by atoms with Gasteiger partial charge in [-0.05, 0) is 54.7 Å². The molecule has 1 aliphatic carbocycles. The molecule has 0 spiro atoms. The molecule has 0 amide bonds. The van der Waals surface area contributed by atoms with Gasteiger partial charge in [0.1, 0.15) is 17.2 Å². The monoisotopic (exact) mass is 456 g/mol. The highest BCUT2D eigenvalue weighted by Crippen LogP contribution is 2.35. The lowest BCUT2D eigenvalue weighted by Gasteiger charge is -2.18. The number of fused-ring (bicyclic) bond motifs is 1. The van der Waals surface area contributed by atoms with E-state index < -0.39 is 11.9 Å². The van der Waals surface area contributed by atoms with Crippen molar-refractivity contribution in [2.75, 3.05) is 0 Å². The van der Waals surface area contributed by atoms with E-state index in [0.717, 1.165) is 36.8 Å². The van der Waals surface area contributed by atoms with Crippen molar-refractivity contribution in [2.45, 2.75) is 44.3 Å². The molecule has 10 heteroatoms. The largest absolute Gasteiger partial charge is 0.437 e. The van der Waals surface area contributed by atoms with Gasteiger partial charge in [0, 0.05) is 30.4 Å². The van der Waals surface area contributed by atoms with E-state index in [-0.39, 0.29) is 23.0 Å². The number of aromatic amines is 1. The van der Waals surface area contributed by atoms with Gasteiger partial charge in [0.15, 0.2) is 5.69 Å². The average molecular weight is 456 g/mol. The van der Waals surface area contributed by atoms with E-state index >= 15 is 0 Å². The molecule has 1 aromatic carbocycles.